The zero-order valence-corrected chi connectivity index (χ0v) is 7.33. The van der Waals surface area contributed by atoms with Crippen molar-refractivity contribution in [1.82, 2.24) is 4.90 Å². The van der Waals surface area contributed by atoms with Crippen LogP contribution >= 0.6 is 0 Å². The Bertz CT molecular complexity index is 123. The highest BCUT2D eigenvalue weighted by molar-refractivity contribution is 4.83. The minimum atomic E-state index is -0.386. The molecule has 1 rings (SSSR count). The molecule has 3 nitrogen and oxygen atoms in total. The quantitative estimate of drug-likeness (QED) is 0.597. The van der Waals surface area contributed by atoms with Crippen molar-refractivity contribution in [1.29, 1.82) is 0 Å². The van der Waals surface area contributed by atoms with E-state index in [-0.39, 0.29) is 12.1 Å². The fourth-order valence-electron chi connectivity index (χ4n) is 1.26. The molecule has 0 spiro atoms. The first-order valence-corrected chi connectivity index (χ1v) is 4.29. The summed E-state index contributed by atoms with van der Waals surface area (Å²) in [6.45, 7) is 5.91. The van der Waals surface area contributed by atoms with Gasteiger partial charge in [0.15, 0.2) is 0 Å². The second-order valence-corrected chi connectivity index (χ2v) is 3.54. The average Bonchev–Trinajstić information content (AvgIpc) is 1.96. The smallest absolute Gasteiger partial charge is 0.0675 e. The van der Waals surface area contributed by atoms with Gasteiger partial charge in [0.1, 0.15) is 0 Å². The zero-order valence-electron chi connectivity index (χ0n) is 7.33. The Morgan fingerprint density at radius 1 is 1.73 bits per heavy atom. The van der Waals surface area contributed by atoms with E-state index in [0.717, 1.165) is 13.1 Å². The molecule has 0 aromatic heterocycles. The van der Waals surface area contributed by atoms with Gasteiger partial charge >= 0.3 is 0 Å². The standard InChI is InChI=1S/C8H18N2O/c1-6-3-4-10(6)5-8(9)7(2)11/h6-8,11H,3-5,9H2,1-2H3. The summed E-state index contributed by atoms with van der Waals surface area (Å²) in [4.78, 5) is 2.30. The van der Waals surface area contributed by atoms with Crippen molar-refractivity contribution >= 4 is 0 Å². The van der Waals surface area contributed by atoms with Crippen LogP contribution in [-0.2, 0) is 0 Å². The van der Waals surface area contributed by atoms with Crippen LogP contribution in [0.4, 0.5) is 0 Å². The topological polar surface area (TPSA) is 49.5 Å². The molecule has 0 aromatic rings. The Morgan fingerprint density at radius 2 is 2.36 bits per heavy atom. The predicted octanol–water partition coefficient (Wildman–Crippen LogP) is -0.211. The zero-order chi connectivity index (χ0) is 8.43. The van der Waals surface area contributed by atoms with E-state index < -0.39 is 0 Å². The van der Waals surface area contributed by atoms with Crippen LogP contribution in [0.25, 0.3) is 0 Å². The molecule has 1 saturated heterocycles. The monoisotopic (exact) mass is 158 g/mol. The van der Waals surface area contributed by atoms with Gasteiger partial charge in [-0.05, 0) is 26.8 Å². The van der Waals surface area contributed by atoms with E-state index in [9.17, 15) is 0 Å². The second kappa shape index (κ2) is 3.52. The molecule has 3 atom stereocenters. The lowest BCUT2D eigenvalue weighted by molar-refractivity contribution is 0.0656. The molecule has 3 N–H and O–H groups in total. The van der Waals surface area contributed by atoms with Crippen LogP contribution in [0.1, 0.15) is 20.3 Å². The van der Waals surface area contributed by atoms with E-state index in [1.54, 1.807) is 6.92 Å². The number of hydrogen-bond acceptors (Lipinski definition) is 3. The molecule has 1 aliphatic rings. The summed E-state index contributed by atoms with van der Waals surface area (Å²) in [5, 5.41) is 9.12. The number of aliphatic hydroxyl groups excluding tert-OH is 1. The fourth-order valence-corrected chi connectivity index (χ4v) is 1.26. The van der Waals surface area contributed by atoms with Crippen molar-refractivity contribution < 1.29 is 5.11 Å². The van der Waals surface area contributed by atoms with Gasteiger partial charge in [-0.1, -0.05) is 0 Å². The van der Waals surface area contributed by atoms with Gasteiger partial charge in [0.25, 0.3) is 0 Å². The maximum Gasteiger partial charge on any atom is 0.0675 e. The lowest BCUT2D eigenvalue weighted by atomic mass is 10.0. The molecule has 1 heterocycles. The Morgan fingerprint density at radius 3 is 2.64 bits per heavy atom. The minimum Gasteiger partial charge on any atom is -0.392 e. The normalized spacial score (nSPS) is 31.1. The van der Waals surface area contributed by atoms with E-state index >= 15 is 0 Å². The first-order chi connectivity index (χ1) is 5.11. The van der Waals surface area contributed by atoms with E-state index in [4.69, 9.17) is 10.8 Å². The maximum atomic E-state index is 9.12. The van der Waals surface area contributed by atoms with E-state index in [1.165, 1.54) is 6.42 Å². The number of rotatable bonds is 3. The molecule has 3 unspecified atom stereocenters. The van der Waals surface area contributed by atoms with E-state index in [2.05, 4.69) is 11.8 Å². The number of hydrogen-bond donors (Lipinski definition) is 2. The van der Waals surface area contributed by atoms with Crippen molar-refractivity contribution in [3.05, 3.63) is 0 Å². The minimum absolute atomic E-state index is 0.0854. The van der Waals surface area contributed by atoms with Gasteiger partial charge < -0.3 is 10.8 Å². The van der Waals surface area contributed by atoms with Crippen LogP contribution in [-0.4, -0.2) is 41.3 Å². The number of aliphatic hydroxyl groups is 1. The molecular weight excluding hydrogens is 140 g/mol. The van der Waals surface area contributed by atoms with Crippen molar-refractivity contribution in [2.24, 2.45) is 5.73 Å². The molecule has 66 valence electrons. The summed E-state index contributed by atoms with van der Waals surface area (Å²) in [6.07, 6.45) is 0.884. The molecular formula is C8H18N2O. The van der Waals surface area contributed by atoms with Crippen molar-refractivity contribution in [3.8, 4) is 0 Å². The molecule has 0 aromatic carbocycles. The van der Waals surface area contributed by atoms with Crippen LogP contribution in [0.3, 0.4) is 0 Å². The average molecular weight is 158 g/mol. The third-order valence-electron chi connectivity index (χ3n) is 2.52. The summed E-state index contributed by atoms with van der Waals surface area (Å²) >= 11 is 0. The largest absolute Gasteiger partial charge is 0.392 e. The summed E-state index contributed by atoms with van der Waals surface area (Å²) in [6, 6.07) is 0.581. The van der Waals surface area contributed by atoms with E-state index in [0.29, 0.717) is 6.04 Å². The van der Waals surface area contributed by atoms with Crippen LogP contribution in [0.15, 0.2) is 0 Å². The maximum absolute atomic E-state index is 9.12. The van der Waals surface area contributed by atoms with E-state index in [1.807, 2.05) is 0 Å². The lowest BCUT2D eigenvalue weighted by Crippen LogP contribution is -2.53. The molecule has 0 amide bonds. The number of nitrogens with zero attached hydrogens (tertiary/aromatic N) is 1. The molecule has 1 aliphatic heterocycles. The van der Waals surface area contributed by atoms with Crippen molar-refractivity contribution in [3.63, 3.8) is 0 Å². The molecule has 3 heteroatoms. The third kappa shape index (κ3) is 2.15. The summed E-state index contributed by atoms with van der Waals surface area (Å²) in [7, 11) is 0. The number of nitrogens with two attached hydrogens (primary N) is 1. The first-order valence-electron chi connectivity index (χ1n) is 4.29. The van der Waals surface area contributed by atoms with Gasteiger partial charge in [0.05, 0.1) is 6.10 Å². The second-order valence-electron chi connectivity index (χ2n) is 3.54. The SMILES string of the molecule is CC(O)C(N)CN1CCC1C. The Kier molecular flexibility index (Phi) is 2.87. The Balaban J connectivity index is 2.19. The highest BCUT2D eigenvalue weighted by Crippen LogP contribution is 2.16. The van der Waals surface area contributed by atoms with Gasteiger partial charge in [0, 0.05) is 18.6 Å². The van der Waals surface area contributed by atoms with Gasteiger partial charge in [-0.25, -0.2) is 0 Å². The molecule has 0 bridgehead atoms. The van der Waals surface area contributed by atoms with Crippen molar-refractivity contribution in [2.75, 3.05) is 13.1 Å². The van der Waals surface area contributed by atoms with Gasteiger partial charge in [0.2, 0.25) is 0 Å². The fraction of sp³-hybridized carbons (Fsp3) is 1.00. The Hall–Kier alpha value is -0.120. The van der Waals surface area contributed by atoms with Gasteiger partial charge in [-0.2, -0.15) is 0 Å². The summed E-state index contributed by atoms with van der Waals surface area (Å²) < 4.78 is 0. The van der Waals surface area contributed by atoms with Crippen LogP contribution in [0, 0.1) is 0 Å². The summed E-state index contributed by atoms with van der Waals surface area (Å²) in [5.74, 6) is 0. The highest BCUT2D eigenvalue weighted by atomic mass is 16.3. The molecule has 0 saturated carbocycles. The van der Waals surface area contributed by atoms with Crippen LogP contribution in [0.5, 0.6) is 0 Å². The number of likely N-dealkylation sites (tertiary alicyclic amines) is 1. The van der Waals surface area contributed by atoms with Crippen LogP contribution < -0.4 is 5.73 Å². The van der Waals surface area contributed by atoms with Gasteiger partial charge in [-0.15, -0.1) is 0 Å². The van der Waals surface area contributed by atoms with Crippen molar-refractivity contribution in [2.45, 2.75) is 38.5 Å². The van der Waals surface area contributed by atoms with Crippen LogP contribution in [0.2, 0.25) is 0 Å². The van der Waals surface area contributed by atoms with Gasteiger partial charge in [-0.3, -0.25) is 4.90 Å². The third-order valence-corrected chi connectivity index (χ3v) is 2.52. The molecule has 1 fully saturated rings. The molecule has 0 radical (unpaired) electrons. The molecule has 11 heavy (non-hydrogen) atoms. The predicted molar refractivity (Wildman–Crippen MR) is 45.3 cm³/mol. The lowest BCUT2D eigenvalue weighted by Gasteiger charge is -2.40. The Labute approximate surface area is 68.2 Å². The molecule has 0 aliphatic carbocycles. The summed E-state index contributed by atoms with van der Waals surface area (Å²) in [5.41, 5.74) is 5.70. The first kappa shape index (κ1) is 8.97. The highest BCUT2D eigenvalue weighted by Gasteiger charge is 2.25.